The number of rotatable bonds is 2. The van der Waals surface area contributed by atoms with E-state index in [9.17, 15) is 15.0 Å². The predicted molar refractivity (Wildman–Crippen MR) is 52.7 cm³/mol. The molecule has 1 saturated heterocycles. The molecule has 0 aromatic carbocycles. The fourth-order valence-corrected chi connectivity index (χ4v) is 1.85. The molecule has 1 rings (SSSR count). The van der Waals surface area contributed by atoms with Crippen molar-refractivity contribution in [1.82, 2.24) is 4.90 Å². The van der Waals surface area contributed by atoms with Crippen molar-refractivity contribution in [3.05, 3.63) is 0 Å². The van der Waals surface area contributed by atoms with E-state index >= 15 is 0 Å². The van der Waals surface area contributed by atoms with Crippen molar-refractivity contribution in [3.8, 4) is 0 Å². The van der Waals surface area contributed by atoms with E-state index in [0.29, 0.717) is 6.54 Å². The molecule has 14 heavy (non-hydrogen) atoms. The molecule has 1 fully saturated rings. The summed E-state index contributed by atoms with van der Waals surface area (Å²) in [4.78, 5) is 13.1. The van der Waals surface area contributed by atoms with Gasteiger partial charge >= 0.3 is 0 Å². The summed E-state index contributed by atoms with van der Waals surface area (Å²) in [5.41, 5.74) is -0.158. The largest absolute Gasteiger partial charge is 0.394 e. The molecule has 0 radical (unpaired) electrons. The van der Waals surface area contributed by atoms with Crippen molar-refractivity contribution < 1.29 is 15.0 Å². The fourth-order valence-electron chi connectivity index (χ4n) is 1.85. The van der Waals surface area contributed by atoms with Crippen LogP contribution in [-0.2, 0) is 4.79 Å². The first-order chi connectivity index (χ1) is 6.36. The van der Waals surface area contributed by atoms with Gasteiger partial charge in [0.25, 0.3) is 0 Å². The van der Waals surface area contributed by atoms with Gasteiger partial charge in [0.05, 0.1) is 25.2 Å². The highest BCUT2D eigenvalue weighted by molar-refractivity contribution is 5.79. The van der Waals surface area contributed by atoms with Crippen LogP contribution in [0.3, 0.4) is 0 Å². The Kier molecular flexibility index (Phi) is 3.17. The summed E-state index contributed by atoms with van der Waals surface area (Å²) in [7, 11) is 0. The average molecular weight is 201 g/mol. The van der Waals surface area contributed by atoms with Gasteiger partial charge in [-0.2, -0.15) is 0 Å². The molecule has 0 spiro atoms. The normalized spacial score (nSPS) is 25.6. The van der Waals surface area contributed by atoms with Crippen LogP contribution in [0.25, 0.3) is 0 Å². The van der Waals surface area contributed by atoms with Crippen LogP contribution >= 0.6 is 0 Å². The summed E-state index contributed by atoms with van der Waals surface area (Å²) < 4.78 is 0. The molecule has 0 saturated carbocycles. The van der Waals surface area contributed by atoms with Crippen LogP contribution in [0.2, 0.25) is 0 Å². The highest BCUT2D eigenvalue weighted by Crippen LogP contribution is 2.27. The van der Waals surface area contributed by atoms with Gasteiger partial charge in [0.1, 0.15) is 0 Å². The van der Waals surface area contributed by atoms with Crippen LogP contribution in [0, 0.1) is 5.41 Å². The van der Waals surface area contributed by atoms with Gasteiger partial charge < -0.3 is 15.1 Å². The smallest absolute Gasteiger partial charge is 0.225 e. The Morgan fingerprint density at radius 2 is 2.14 bits per heavy atom. The van der Waals surface area contributed by atoms with E-state index in [-0.39, 0.29) is 30.4 Å². The van der Waals surface area contributed by atoms with Gasteiger partial charge in [0, 0.05) is 6.54 Å². The third-order valence-electron chi connectivity index (χ3n) is 2.69. The average Bonchev–Trinajstić information content (AvgIpc) is 2.29. The lowest BCUT2D eigenvalue weighted by molar-refractivity contribution is -0.133. The van der Waals surface area contributed by atoms with Crippen LogP contribution in [0.1, 0.15) is 27.2 Å². The summed E-state index contributed by atoms with van der Waals surface area (Å²) in [5.74, 6) is -0.0634. The highest BCUT2D eigenvalue weighted by atomic mass is 16.3. The maximum Gasteiger partial charge on any atom is 0.225 e. The lowest BCUT2D eigenvalue weighted by Crippen LogP contribution is -2.47. The molecule has 1 aliphatic rings. The number of amides is 1. The van der Waals surface area contributed by atoms with Crippen LogP contribution < -0.4 is 0 Å². The standard InChI is InChI=1S/C10H19NO3/c1-10(2,3)8(6-12)11-5-7(13)4-9(11)14/h7-8,12-13H,4-6H2,1-3H3. The summed E-state index contributed by atoms with van der Waals surface area (Å²) in [6.45, 7) is 6.23. The van der Waals surface area contributed by atoms with Gasteiger partial charge in [0.2, 0.25) is 5.91 Å². The van der Waals surface area contributed by atoms with Crippen LogP contribution in [-0.4, -0.2) is 46.3 Å². The monoisotopic (exact) mass is 201 g/mol. The molecule has 2 unspecified atom stereocenters. The van der Waals surface area contributed by atoms with Crippen molar-refractivity contribution in [1.29, 1.82) is 0 Å². The molecule has 0 aromatic heterocycles. The second kappa shape index (κ2) is 3.87. The zero-order chi connectivity index (χ0) is 10.9. The zero-order valence-electron chi connectivity index (χ0n) is 9.03. The van der Waals surface area contributed by atoms with Crippen LogP contribution in [0.15, 0.2) is 0 Å². The Balaban J connectivity index is 2.76. The minimum atomic E-state index is -0.570. The Bertz CT molecular complexity index is 222. The number of likely N-dealkylation sites (tertiary alicyclic amines) is 1. The third kappa shape index (κ3) is 2.25. The summed E-state index contributed by atoms with van der Waals surface area (Å²) in [6.07, 6.45) is -0.383. The second-order valence-electron chi connectivity index (χ2n) is 4.97. The topological polar surface area (TPSA) is 60.8 Å². The minimum Gasteiger partial charge on any atom is -0.394 e. The third-order valence-corrected chi connectivity index (χ3v) is 2.69. The maximum atomic E-state index is 11.5. The van der Waals surface area contributed by atoms with Gasteiger partial charge in [-0.05, 0) is 5.41 Å². The van der Waals surface area contributed by atoms with E-state index in [1.165, 1.54) is 0 Å². The molecular formula is C10H19NO3. The first kappa shape index (κ1) is 11.5. The molecule has 82 valence electrons. The van der Waals surface area contributed by atoms with Crippen molar-refractivity contribution in [3.63, 3.8) is 0 Å². The molecule has 1 amide bonds. The fraction of sp³-hybridized carbons (Fsp3) is 0.900. The number of carbonyl (C=O) groups excluding carboxylic acids is 1. The second-order valence-corrected chi connectivity index (χ2v) is 4.97. The Morgan fingerprint density at radius 3 is 2.43 bits per heavy atom. The van der Waals surface area contributed by atoms with Gasteiger partial charge in [0.15, 0.2) is 0 Å². The Morgan fingerprint density at radius 1 is 1.57 bits per heavy atom. The van der Waals surface area contributed by atoms with E-state index in [0.717, 1.165) is 0 Å². The van der Waals surface area contributed by atoms with Crippen molar-refractivity contribution in [2.75, 3.05) is 13.2 Å². The van der Waals surface area contributed by atoms with E-state index in [1.54, 1.807) is 4.90 Å². The lowest BCUT2D eigenvalue weighted by atomic mass is 9.86. The summed E-state index contributed by atoms with van der Waals surface area (Å²) in [5, 5.41) is 18.6. The van der Waals surface area contributed by atoms with Crippen molar-refractivity contribution >= 4 is 5.91 Å². The van der Waals surface area contributed by atoms with Gasteiger partial charge in [-0.3, -0.25) is 4.79 Å². The van der Waals surface area contributed by atoms with E-state index in [2.05, 4.69) is 0 Å². The molecule has 0 aliphatic carbocycles. The SMILES string of the molecule is CC(C)(C)C(CO)N1CC(O)CC1=O. The molecule has 2 atom stereocenters. The number of β-amino-alcohol motifs (C(OH)–C–C–N with tert-alkyl or cyclic N) is 1. The van der Waals surface area contributed by atoms with E-state index in [4.69, 9.17) is 0 Å². The number of nitrogens with zero attached hydrogens (tertiary/aromatic N) is 1. The molecule has 1 heterocycles. The van der Waals surface area contributed by atoms with Crippen molar-refractivity contribution in [2.24, 2.45) is 5.41 Å². The molecule has 1 aliphatic heterocycles. The number of hydrogen-bond donors (Lipinski definition) is 2. The molecular weight excluding hydrogens is 182 g/mol. The molecule has 4 heteroatoms. The lowest BCUT2D eigenvalue weighted by Gasteiger charge is -2.36. The summed E-state index contributed by atoms with van der Waals surface area (Å²) in [6, 6.07) is -0.202. The quantitative estimate of drug-likeness (QED) is 0.660. The first-order valence-corrected chi connectivity index (χ1v) is 4.94. The molecule has 0 aromatic rings. The predicted octanol–water partition coefficient (Wildman–Crippen LogP) is -0.0134. The number of aliphatic hydroxyl groups is 2. The summed E-state index contributed by atoms with van der Waals surface area (Å²) >= 11 is 0. The molecule has 2 N–H and O–H groups in total. The van der Waals surface area contributed by atoms with Gasteiger partial charge in [-0.25, -0.2) is 0 Å². The number of carbonyl (C=O) groups is 1. The van der Waals surface area contributed by atoms with Crippen LogP contribution in [0.5, 0.6) is 0 Å². The number of hydrogen-bond acceptors (Lipinski definition) is 3. The Labute approximate surface area is 84.5 Å². The molecule has 4 nitrogen and oxygen atoms in total. The Hall–Kier alpha value is -0.610. The molecule has 0 bridgehead atoms. The first-order valence-electron chi connectivity index (χ1n) is 4.94. The van der Waals surface area contributed by atoms with Gasteiger partial charge in [-0.1, -0.05) is 20.8 Å². The van der Waals surface area contributed by atoms with E-state index < -0.39 is 6.10 Å². The van der Waals surface area contributed by atoms with E-state index in [1.807, 2.05) is 20.8 Å². The maximum absolute atomic E-state index is 11.5. The van der Waals surface area contributed by atoms with Crippen molar-refractivity contribution in [2.45, 2.75) is 39.3 Å². The minimum absolute atomic E-state index is 0.0536. The number of aliphatic hydroxyl groups excluding tert-OH is 2. The van der Waals surface area contributed by atoms with Crippen LogP contribution in [0.4, 0.5) is 0 Å². The highest BCUT2D eigenvalue weighted by Gasteiger charge is 2.38. The van der Waals surface area contributed by atoms with Gasteiger partial charge in [-0.15, -0.1) is 0 Å². The zero-order valence-corrected chi connectivity index (χ0v) is 9.03.